The number of rotatable bonds is 5. The summed E-state index contributed by atoms with van der Waals surface area (Å²) in [6.07, 6.45) is 3.22. The number of aliphatic carboxylic acids is 1. The van der Waals surface area contributed by atoms with Crippen LogP contribution in [-0.2, 0) is 26.1 Å². The van der Waals surface area contributed by atoms with Crippen LogP contribution in [0.5, 0.6) is 0 Å². The molecule has 3 heterocycles. The van der Waals surface area contributed by atoms with Gasteiger partial charge in [0.05, 0.1) is 15.1 Å². The zero-order chi connectivity index (χ0) is 25.1. The van der Waals surface area contributed by atoms with Crippen molar-refractivity contribution in [1.82, 2.24) is 14.3 Å². The molecule has 0 amide bonds. The van der Waals surface area contributed by atoms with Gasteiger partial charge in [-0.1, -0.05) is 12.1 Å². The number of benzene rings is 1. The maximum absolute atomic E-state index is 13.0. The molecule has 2 aliphatic rings. The highest BCUT2D eigenvalue weighted by Crippen LogP contribution is 2.37. The fourth-order valence-corrected chi connectivity index (χ4v) is 7.16. The SMILES string of the molecule is BC1(B)CC(Nc2ncc(Br)c(-c3ccc4c(c3)S(=O)(=O)N([C@H](C)C(=O)O)C4)n2)CC(B)(B)O1. The Morgan fingerprint density at radius 3 is 2.56 bits per heavy atom. The molecule has 0 bridgehead atoms. The van der Waals surface area contributed by atoms with Crippen molar-refractivity contribution in [1.29, 1.82) is 0 Å². The van der Waals surface area contributed by atoms with Gasteiger partial charge in [-0.3, -0.25) is 4.79 Å². The molecule has 34 heavy (non-hydrogen) atoms. The Morgan fingerprint density at radius 2 is 1.94 bits per heavy atom. The third-order valence-electron chi connectivity index (χ3n) is 6.15. The minimum atomic E-state index is -3.93. The number of nitrogens with zero attached hydrogens (tertiary/aromatic N) is 3. The molecule has 4 rings (SSSR count). The van der Waals surface area contributed by atoms with Crippen molar-refractivity contribution in [2.24, 2.45) is 0 Å². The van der Waals surface area contributed by atoms with Gasteiger partial charge in [0.25, 0.3) is 0 Å². The summed E-state index contributed by atoms with van der Waals surface area (Å²) in [7, 11) is 4.33. The average Bonchev–Trinajstić information content (AvgIpc) is 2.96. The Kier molecular flexibility index (Phi) is 6.46. The predicted molar refractivity (Wildman–Crippen MR) is 142 cm³/mol. The number of carboxylic acid groups (broad SMARTS) is 1. The number of halogens is 1. The van der Waals surface area contributed by atoms with E-state index in [4.69, 9.17) is 4.74 Å². The van der Waals surface area contributed by atoms with E-state index < -0.39 is 22.0 Å². The highest BCUT2D eigenvalue weighted by molar-refractivity contribution is 9.10. The van der Waals surface area contributed by atoms with Crippen LogP contribution < -0.4 is 5.32 Å². The minimum Gasteiger partial charge on any atom is -0.480 e. The lowest BCUT2D eigenvalue weighted by molar-refractivity contribution is -0.140. The summed E-state index contributed by atoms with van der Waals surface area (Å²) in [6, 6.07) is 4.01. The number of carboxylic acids is 1. The molecule has 1 saturated heterocycles. The second-order valence-electron chi connectivity index (χ2n) is 10.1. The summed E-state index contributed by atoms with van der Waals surface area (Å²) in [5.74, 6) is -0.744. The number of sulfonamides is 1. The Morgan fingerprint density at radius 1 is 1.29 bits per heavy atom. The lowest BCUT2D eigenvalue weighted by atomic mass is 9.53. The third-order valence-corrected chi connectivity index (χ3v) is 8.73. The van der Waals surface area contributed by atoms with Crippen molar-refractivity contribution >= 4 is 69.3 Å². The predicted octanol–water partition coefficient (Wildman–Crippen LogP) is -1.69. The zero-order valence-electron chi connectivity index (χ0n) is 19.8. The molecular formula is C19H25B4BrN4O5S. The fraction of sp³-hybridized carbons (Fsp3) is 0.421. The first-order valence-electron chi connectivity index (χ1n) is 11.1. The van der Waals surface area contributed by atoms with Crippen LogP contribution in [0.25, 0.3) is 11.3 Å². The van der Waals surface area contributed by atoms with Crippen LogP contribution in [0.15, 0.2) is 33.8 Å². The van der Waals surface area contributed by atoms with Crippen molar-refractivity contribution in [3.63, 3.8) is 0 Å². The summed E-state index contributed by atoms with van der Waals surface area (Å²) < 4.78 is 33.9. The number of carbonyl (C=O) groups is 1. The largest absolute Gasteiger partial charge is 0.480 e. The summed E-state index contributed by atoms with van der Waals surface area (Å²) in [5, 5.41) is 12.2. The quantitative estimate of drug-likeness (QED) is 0.428. The van der Waals surface area contributed by atoms with E-state index in [0.29, 0.717) is 27.2 Å². The van der Waals surface area contributed by atoms with Gasteiger partial charge in [0.1, 0.15) is 37.4 Å². The zero-order valence-corrected chi connectivity index (χ0v) is 22.2. The molecule has 0 radical (unpaired) electrons. The second-order valence-corrected chi connectivity index (χ2v) is 12.9. The van der Waals surface area contributed by atoms with E-state index in [2.05, 4.69) is 62.6 Å². The van der Waals surface area contributed by atoms with Crippen molar-refractivity contribution < 1.29 is 23.1 Å². The first-order chi connectivity index (χ1) is 15.7. The molecule has 1 atom stereocenters. The molecule has 0 unspecified atom stereocenters. The van der Waals surface area contributed by atoms with Crippen LogP contribution in [0.2, 0.25) is 0 Å². The standard InChI is InChI=1S/C19H25B4BrN4O5S/c1-9(16(29)30)28-8-11-3-2-10(4-14(11)34(28,31)32)15-13(24)7-25-17(27-15)26-12-5-18(20,21)33-19(22,23)6-12/h2-4,7,9,12H,5-6,8,20-23H2,1H3,(H,29,30)(H,25,26,27)/t9-/m1/s1. The number of anilines is 1. The number of fused-ring (bicyclic) bond motifs is 1. The molecule has 1 fully saturated rings. The van der Waals surface area contributed by atoms with Crippen LogP contribution in [-0.4, -0.2) is 88.0 Å². The van der Waals surface area contributed by atoms with Crippen LogP contribution >= 0.6 is 15.9 Å². The van der Waals surface area contributed by atoms with Crippen LogP contribution in [0.1, 0.15) is 25.3 Å². The van der Waals surface area contributed by atoms with Gasteiger partial charge in [-0.2, -0.15) is 4.31 Å². The molecular weight excluding hydrogens is 519 g/mol. The molecule has 176 valence electrons. The van der Waals surface area contributed by atoms with Gasteiger partial charge < -0.3 is 15.2 Å². The van der Waals surface area contributed by atoms with E-state index in [1.165, 1.54) is 6.92 Å². The summed E-state index contributed by atoms with van der Waals surface area (Å²) in [5.41, 5.74) is 1.70. The van der Waals surface area contributed by atoms with Crippen LogP contribution in [0.3, 0.4) is 0 Å². The lowest BCUT2D eigenvalue weighted by Crippen LogP contribution is -2.56. The van der Waals surface area contributed by atoms with Crippen molar-refractivity contribution in [2.75, 3.05) is 5.32 Å². The Labute approximate surface area is 211 Å². The maximum atomic E-state index is 13.0. The molecule has 9 nitrogen and oxygen atoms in total. The Balaban J connectivity index is 1.64. The topological polar surface area (TPSA) is 122 Å². The minimum absolute atomic E-state index is 0.0263. The first kappa shape index (κ1) is 25.3. The average molecular weight is 545 g/mol. The van der Waals surface area contributed by atoms with E-state index in [1.807, 2.05) is 0 Å². The molecule has 15 heteroatoms. The van der Waals surface area contributed by atoms with Crippen molar-refractivity contribution in [3.05, 3.63) is 34.4 Å². The highest BCUT2D eigenvalue weighted by Gasteiger charge is 2.41. The molecule has 0 saturated carbocycles. The second kappa shape index (κ2) is 8.69. The van der Waals surface area contributed by atoms with Crippen LogP contribution in [0, 0.1) is 0 Å². The maximum Gasteiger partial charge on any atom is 0.321 e. The molecule has 2 N–H and O–H groups in total. The smallest absolute Gasteiger partial charge is 0.321 e. The molecule has 2 aromatic rings. The van der Waals surface area contributed by atoms with Gasteiger partial charge in [-0.15, -0.1) is 0 Å². The van der Waals surface area contributed by atoms with E-state index in [0.717, 1.165) is 17.1 Å². The van der Waals surface area contributed by atoms with Crippen LogP contribution in [0.4, 0.5) is 5.95 Å². The first-order valence-corrected chi connectivity index (χ1v) is 13.3. The third kappa shape index (κ3) is 4.93. The van der Waals surface area contributed by atoms with Gasteiger partial charge >= 0.3 is 5.97 Å². The van der Waals surface area contributed by atoms with Crippen molar-refractivity contribution in [2.45, 2.75) is 54.1 Å². The number of ether oxygens (including phenoxy) is 1. The number of nitrogens with one attached hydrogen (secondary N) is 1. The fourth-order valence-electron chi connectivity index (χ4n) is 4.93. The van der Waals surface area contributed by atoms with Crippen molar-refractivity contribution in [3.8, 4) is 11.3 Å². The molecule has 0 aliphatic carbocycles. The number of hydrogen-bond acceptors (Lipinski definition) is 7. The molecule has 1 aromatic carbocycles. The van der Waals surface area contributed by atoms with E-state index in [9.17, 15) is 18.3 Å². The van der Waals surface area contributed by atoms with Gasteiger partial charge in [0.2, 0.25) is 16.0 Å². The van der Waals surface area contributed by atoms with Gasteiger partial charge in [0, 0.05) is 35.1 Å². The summed E-state index contributed by atoms with van der Waals surface area (Å²) >= 11 is 3.48. The molecule has 2 aliphatic heterocycles. The lowest BCUT2D eigenvalue weighted by Gasteiger charge is -2.46. The summed E-state index contributed by atoms with van der Waals surface area (Å²) in [6.45, 7) is 1.39. The highest BCUT2D eigenvalue weighted by atomic mass is 79.9. The van der Waals surface area contributed by atoms with E-state index >= 15 is 0 Å². The van der Waals surface area contributed by atoms with E-state index in [1.54, 1.807) is 24.4 Å². The van der Waals surface area contributed by atoms with E-state index in [-0.39, 0.29) is 28.3 Å². The van der Waals surface area contributed by atoms with Gasteiger partial charge in [-0.05, 0) is 47.3 Å². The molecule has 0 spiro atoms. The Hall–Kier alpha value is -1.82. The summed E-state index contributed by atoms with van der Waals surface area (Å²) in [4.78, 5) is 20.6. The number of aromatic nitrogens is 2. The van der Waals surface area contributed by atoms with Gasteiger partial charge in [-0.25, -0.2) is 18.4 Å². The normalized spacial score (nSPS) is 22.1. The monoisotopic (exact) mass is 544 g/mol. The number of hydrogen-bond donors (Lipinski definition) is 2. The molecule has 1 aromatic heterocycles. The Bertz CT molecular complexity index is 1250. The van der Waals surface area contributed by atoms with Gasteiger partial charge in [0.15, 0.2) is 0 Å².